The molecule has 1 aromatic carbocycles. The van der Waals surface area contributed by atoms with Gasteiger partial charge < -0.3 is 4.98 Å². The molecule has 0 aliphatic carbocycles. The van der Waals surface area contributed by atoms with Crippen LogP contribution in [0.5, 0.6) is 0 Å². The second-order valence-electron chi connectivity index (χ2n) is 5.95. The molecule has 22 heavy (non-hydrogen) atoms. The molecule has 2 nitrogen and oxygen atoms in total. The van der Waals surface area contributed by atoms with Gasteiger partial charge in [-0.15, -0.1) is 0 Å². The molecule has 0 aliphatic heterocycles. The molecule has 0 saturated carbocycles. The van der Waals surface area contributed by atoms with E-state index < -0.39 is 0 Å². The number of hydrogen-bond donors (Lipinski definition) is 1. The van der Waals surface area contributed by atoms with Gasteiger partial charge in [-0.1, -0.05) is 63.7 Å². The van der Waals surface area contributed by atoms with E-state index in [1.54, 1.807) is 6.07 Å². The van der Waals surface area contributed by atoms with Crippen LogP contribution < -0.4 is 5.43 Å². The van der Waals surface area contributed by atoms with Crippen molar-refractivity contribution >= 4 is 17.0 Å². The van der Waals surface area contributed by atoms with Gasteiger partial charge in [-0.2, -0.15) is 0 Å². The Morgan fingerprint density at radius 3 is 2.55 bits per heavy atom. The fraction of sp³-hybridized carbons (Fsp3) is 0.450. The molecule has 2 heteroatoms. The maximum atomic E-state index is 12.0. The van der Waals surface area contributed by atoms with E-state index in [2.05, 4.69) is 18.0 Å². The van der Waals surface area contributed by atoms with E-state index in [1.807, 2.05) is 30.3 Å². The molecule has 0 aliphatic rings. The van der Waals surface area contributed by atoms with Gasteiger partial charge in [0.05, 0.1) is 0 Å². The highest BCUT2D eigenvalue weighted by molar-refractivity contribution is 5.79. The van der Waals surface area contributed by atoms with Crippen LogP contribution >= 0.6 is 0 Å². The summed E-state index contributed by atoms with van der Waals surface area (Å²) in [6.45, 7) is 2.25. The number of pyridine rings is 1. The molecule has 1 aromatic heterocycles. The fourth-order valence-electron chi connectivity index (χ4n) is 2.74. The second kappa shape index (κ2) is 9.24. The molecule has 0 amide bonds. The van der Waals surface area contributed by atoms with Crippen LogP contribution in [0.4, 0.5) is 0 Å². The molecule has 0 fully saturated rings. The molecule has 0 unspecified atom stereocenters. The number of para-hydroxylation sites is 1. The van der Waals surface area contributed by atoms with Crippen molar-refractivity contribution in [3.05, 3.63) is 52.3 Å². The van der Waals surface area contributed by atoms with Crippen molar-refractivity contribution in [3.8, 4) is 0 Å². The Labute approximate surface area is 133 Å². The summed E-state index contributed by atoms with van der Waals surface area (Å²) in [5.41, 5.74) is 1.89. The minimum absolute atomic E-state index is 0.0879. The van der Waals surface area contributed by atoms with Gasteiger partial charge in [0.15, 0.2) is 5.43 Å². The average molecular weight is 297 g/mol. The Morgan fingerprint density at radius 2 is 1.73 bits per heavy atom. The summed E-state index contributed by atoms with van der Waals surface area (Å²) in [5, 5.41) is 0.756. The zero-order valence-electron chi connectivity index (χ0n) is 13.6. The highest BCUT2D eigenvalue weighted by Crippen LogP contribution is 2.11. The standard InChI is InChI=1S/C20H27NO/c1-2-3-4-5-6-7-8-9-10-13-17-16-20(22)18-14-11-12-15-19(18)21-17/h10-16H,2-9H2,1H3,(H,21,22). The molecule has 0 saturated heterocycles. The Hall–Kier alpha value is -1.83. The van der Waals surface area contributed by atoms with Crippen LogP contribution in [0.3, 0.4) is 0 Å². The zero-order valence-corrected chi connectivity index (χ0v) is 13.6. The molecular weight excluding hydrogens is 270 g/mol. The molecule has 0 atom stereocenters. The van der Waals surface area contributed by atoms with Gasteiger partial charge in [-0.25, -0.2) is 0 Å². The lowest BCUT2D eigenvalue weighted by atomic mass is 10.1. The number of hydrogen-bond acceptors (Lipinski definition) is 1. The van der Waals surface area contributed by atoms with Gasteiger partial charge in [0, 0.05) is 22.7 Å². The van der Waals surface area contributed by atoms with E-state index in [4.69, 9.17) is 0 Å². The number of unbranched alkanes of at least 4 members (excludes halogenated alkanes) is 7. The first-order valence-electron chi connectivity index (χ1n) is 8.60. The van der Waals surface area contributed by atoms with Crippen LogP contribution in [0.25, 0.3) is 17.0 Å². The zero-order chi connectivity index (χ0) is 15.6. The normalized spacial score (nSPS) is 11.5. The molecule has 0 spiro atoms. The van der Waals surface area contributed by atoms with Crippen molar-refractivity contribution in [2.45, 2.75) is 58.3 Å². The summed E-state index contributed by atoms with van der Waals surface area (Å²) >= 11 is 0. The summed E-state index contributed by atoms with van der Waals surface area (Å²) in [5.74, 6) is 0. The van der Waals surface area contributed by atoms with Crippen LogP contribution in [0.15, 0.2) is 41.2 Å². The molecule has 2 rings (SSSR count). The number of allylic oxidation sites excluding steroid dienone is 1. The number of fused-ring (bicyclic) bond motifs is 1. The summed E-state index contributed by atoms with van der Waals surface area (Å²) in [4.78, 5) is 15.3. The van der Waals surface area contributed by atoms with E-state index in [1.165, 1.54) is 44.9 Å². The maximum absolute atomic E-state index is 12.0. The maximum Gasteiger partial charge on any atom is 0.189 e. The number of benzene rings is 1. The van der Waals surface area contributed by atoms with Crippen molar-refractivity contribution in [3.63, 3.8) is 0 Å². The number of aromatic amines is 1. The first kappa shape index (κ1) is 16.5. The van der Waals surface area contributed by atoms with Gasteiger partial charge in [0.1, 0.15) is 0 Å². The highest BCUT2D eigenvalue weighted by Gasteiger charge is 1.98. The van der Waals surface area contributed by atoms with Crippen molar-refractivity contribution in [1.82, 2.24) is 4.98 Å². The molecule has 118 valence electrons. The Balaban J connectivity index is 1.78. The fourth-order valence-corrected chi connectivity index (χ4v) is 2.74. The highest BCUT2D eigenvalue weighted by atomic mass is 16.1. The van der Waals surface area contributed by atoms with Crippen LogP contribution in [0.1, 0.15) is 64.0 Å². The predicted octanol–water partition coefficient (Wildman–Crippen LogP) is 5.68. The Bertz CT molecular complexity index is 654. The minimum Gasteiger partial charge on any atom is -0.355 e. The second-order valence-corrected chi connectivity index (χ2v) is 5.95. The molecule has 0 radical (unpaired) electrons. The Kier molecular flexibility index (Phi) is 6.95. The monoisotopic (exact) mass is 297 g/mol. The minimum atomic E-state index is 0.0879. The summed E-state index contributed by atoms with van der Waals surface area (Å²) in [6, 6.07) is 9.34. The van der Waals surface area contributed by atoms with E-state index in [-0.39, 0.29) is 5.43 Å². The quantitative estimate of drug-likeness (QED) is 0.593. The number of aromatic nitrogens is 1. The van der Waals surface area contributed by atoms with Gasteiger partial charge in [-0.05, 0) is 31.1 Å². The molecule has 2 aromatic rings. The van der Waals surface area contributed by atoms with E-state index in [0.29, 0.717) is 0 Å². The third-order valence-corrected chi connectivity index (χ3v) is 4.03. The first-order valence-corrected chi connectivity index (χ1v) is 8.60. The lowest BCUT2D eigenvalue weighted by Crippen LogP contribution is -2.02. The van der Waals surface area contributed by atoms with E-state index >= 15 is 0 Å². The Morgan fingerprint density at radius 1 is 1.00 bits per heavy atom. The topological polar surface area (TPSA) is 32.9 Å². The lowest BCUT2D eigenvalue weighted by Gasteiger charge is -2.00. The predicted molar refractivity (Wildman–Crippen MR) is 96.2 cm³/mol. The van der Waals surface area contributed by atoms with Gasteiger partial charge in [0.2, 0.25) is 0 Å². The van der Waals surface area contributed by atoms with Gasteiger partial charge in [-0.3, -0.25) is 4.79 Å². The van der Waals surface area contributed by atoms with Crippen molar-refractivity contribution in [2.24, 2.45) is 0 Å². The number of nitrogens with one attached hydrogen (secondary N) is 1. The third kappa shape index (κ3) is 5.18. The van der Waals surface area contributed by atoms with E-state index in [0.717, 1.165) is 23.0 Å². The smallest absolute Gasteiger partial charge is 0.189 e. The third-order valence-electron chi connectivity index (χ3n) is 4.03. The van der Waals surface area contributed by atoms with Crippen LogP contribution in [0.2, 0.25) is 0 Å². The van der Waals surface area contributed by atoms with Crippen LogP contribution in [0, 0.1) is 0 Å². The molecular formula is C20H27NO. The van der Waals surface area contributed by atoms with Gasteiger partial charge >= 0.3 is 0 Å². The van der Waals surface area contributed by atoms with Crippen molar-refractivity contribution < 1.29 is 0 Å². The molecule has 1 N–H and O–H groups in total. The summed E-state index contributed by atoms with van der Waals surface area (Å²) in [7, 11) is 0. The SMILES string of the molecule is CCCCCCCCCC=Cc1cc(=O)c2ccccc2[nH]1. The molecule has 1 heterocycles. The van der Waals surface area contributed by atoms with Crippen LogP contribution in [-0.2, 0) is 0 Å². The number of H-pyrrole nitrogens is 1. The molecule has 0 bridgehead atoms. The summed E-state index contributed by atoms with van der Waals surface area (Å²) in [6.07, 6.45) is 14.6. The summed E-state index contributed by atoms with van der Waals surface area (Å²) < 4.78 is 0. The van der Waals surface area contributed by atoms with Crippen molar-refractivity contribution in [2.75, 3.05) is 0 Å². The van der Waals surface area contributed by atoms with Gasteiger partial charge in [0.25, 0.3) is 0 Å². The van der Waals surface area contributed by atoms with Crippen LogP contribution in [-0.4, -0.2) is 4.98 Å². The first-order chi connectivity index (χ1) is 10.8. The lowest BCUT2D eigenvalue weighted by molar-refractivity contribution is 0.592. The average Bonchev–Trinajstić information content (AvgIpc) is 2.53. The van der Waals surface area contributed by atoms with Crippen molar-refractivity contribution in [1.29, 1.82) is 0 Å². The largest absolute Gasteiger partial charge is 0.355 e. The van der Waals surface area contributed by atoms with E-state index in [9.17, 15) is 4.79 Å². The number of rotatable bonds is 9.